The molecular formula is C20H23NO3. The molecule has 1 heterocycles. The molecule has 126 valence electrons. The quantitative estimate of drug-likeness (QED) is 0.792. The minimum absolute atomic E-state index is 0.0808. The van der Waals surface area contributed by atoms with Crippen molar-refractivity contribution in [3.63, 3.8) is 0 Å². The van der Waals surface area contributed by atoms with E-state index in [1.165, 1.54) is 12.7 Å². The van der Waals surface area contributed by atoms with Crippen molar-refractivity contribution in [1.82, 2.24) is 4.90 Å². The van der Waals surface area contributed by atoms with E-state index in [1.54, 1.807) is 7.11 Å². The van der Waals surface area contributed by atoms with Crippen LogP contribution in [0.1, 0.15) is 17.0 Å². The van der Waals surface area contributed by atoms with Gasteiger partial charge in [-0.3, -0.25) is 9.69 Å². The summed E-state index contributed by atoms with van der Waals surface area (Å²) < 4.78 is 10.6. The molecule has 0 aliphatic carbocycles. The number of benzene rings is 2. The zero-order valence-electron chi connectivity index (χ0n) is 14.1. The second-order valence-electron chi connectivity index (χ2n) is 6.16. The highest BCUT2D eigenvalue weighted by molar-refractivity contribution is 5.74. The summed E-state index contributed by atoms with van der Waals surface area (Å²) in [6, 6.07) is 18.3. The van der Waals surface area contributed by atoms with Crippen molar-refractivity contribution < 1.29 is 14.3 Å². The number of methoxy groups -OCH3 is 2. The monoisotopic (exact) mass is 325 g/mol. The first kappa shape index (κ1) is 16.5. The molecule has 0 bridgehead atoms. The fraction of sp³-hybridized carbons (Fsp3) is 0.350. The van der Waals surface area contributed by atoms with E-state index < -0.39 is 0 Å². The molecule has 2 aromatic carbocycles. The molecule has 2 atom stereocenters. The van der Waals surface area contributed by atoms with Gasteiger partial charge in [0.1, 0.15) is 5.75 Å². The molecule has 0 radical (unpaired) electrons. The van der Waals surface area contributed by atoms with Crippen molar-refractivity contribution in [2.45, 2.75) is 12.5 Å². The van der Waals surface area contributed by atoms with Crippen molar-refractivity contribution in [1.29, 1.82) is 0 Å². The van der Waals surface area contributed by atoms with Crippen LogP contribution in [0.2, 0.25) is 0 Å². The molecule has 1 aliphatic heterocycles. The van der Waals surface area contributed by atoms with Gasteiger partial charge < -0.3 is 9.47 Å². The van der Waals surface area contributed by atoms with Crippen LogP contribution in [0.3, 0.4) is 0 Å². The second-order valence-corrected chi connectivity index (χ2v) is 6.16. The Bertz CT molecular complexity index is 686. The molecule has 0 spiro atoms. The zero-order chi connectivity index (χ0) is 16.9. The molecule has 24 heavy (non-hydrogen) atoms. The highest BCUT2D eigenvalue weighted by atomic mass is 16.5. The Morgan fingerprint density at radius 1 is 1.04 bits per heavy atom. The number of carbonyl (C=O) groups is 1. The molecule has 1 fully saturated rings. The lowest BCUT2D eigenvalue weighted by Crippen LogP contribution is -2.24. The largest absolute Gasteiger partial charge is 0.496 e. The van der Waals surface area contributed by atoms with Crippen LogP contribution in [0.15, 0.2) is 54.6 Å². The maximum Gasteiger partial charge on any atom is 0.310 e. The van der Waals surface area contributed by atoms with Gasteiger partial charge in [0.25, 0.3) is 0 Å². The van der Waals surface area contributed by atoms with E-state index >= 15 is 0 Å². The van der Waals surface area contributed by atoms with Gasteiger partial charge >= 0.3 is 5.97 Å². The first-order valence-corrected chi connectivity index (χ1v) is 8.20. The topological polar surface area (TPSA) is 38.8 Å². The third kappa shape index (κ3) is 3.44. The molecule has 0 amide bonds. The highest BCUT2D eigenvalue weighted by Gasteiger charge is 2.40. The molecule has 1 saturated heterocycles. The Morgan fingerprint density at radius 3 is 2.46 bits per heavy atom. The van der Waals surface area contributed by atoms with Gasteiger partial charge in [-0.25, -0.2) is 0 Å². The number of likely N-dealkylation sites (tertiary alicyclic amines) is 1. The van der Waals surface area contributed by atoms with E-state index in [1.807, 2.05) is 42.5 Å². The molecule has 4 heteroatoms. The van der Waals surface area contributed by atoms with Gasteiger partial charge in [-0.2, -0.15) is 0 Å². The summed E-state index contributed by atoms with van der Waals surface area (Å²) in [6.07, 6.45) is 0. The molecule has 0 N–H and O–H groups in total. The van der Waals surface area contributed by atoms with Gasteiger partial charge in [0.05, 0.1) is 20.1 Å². The van der Waals surface area contributed by atoms with Crippen molar-refractivity contribution in [2.75, 3.05) is 27.3 Å². The maximum absolute atomic E-state index is 12.3. The predicted molar refractivity (Wildman–Crippen MR) is 93.0 cm³/mol. The van der Waals surface area contributed by atoms with Crippen LogP contribution in [-0.2, 0) is 16.1 Å². The lowest BCUT2D eigenvalue weighted by molar-refractivity contribution is -0.145. The number of ether oxygens (including phenoxy) is 2. The molecule has 4 nitrogen and oxygen atoms in total. The predicted octanol–water partition coefficient (Wildman–Crippen LogP) is 3.08. The SMILES string of the molecule is COC(=O)[C@H]1CN(Cc2ccccc2)C[C@H]1c1ccccc1OC. The van der Waals surface area contributed by atoms with Gasteiger partial charge in [0, 0.05) is 25.6 Å². The van der Waals surface area contributed by atoms with Gasteiger partial charge in [0.15, 0.2) is 0 Å². The average molecular weight is 325 g/mol. The normalized spacial score (nSPS) is 20.8. The van der Waals surface area contributed by atoms with Crippen LogP contribution >= 0.6 is 0 Å². The van der Waals surface area contributed by atoms with Crippen LogP contribution in [0, 0.1) is 5.92 Å². The fourth-order valence-corrected chi connectivity index (χ4v) is 3.53. The summed E-state index contributed by atoms with van der Waals surface area (Å²) in [5.74, 6) is 0.590. The number of para-hydroxylation sites is 1. The summed E-state index contributed by atoms with van der Waals surface area (Å²) in [6.45, 7) is 2.35. The van der Waals surface area contributed by atoms with Gasteiger partial charge in [0.2, 0.25) is 0 Å². The lowest BCUT2D eigenvalue weighted by Gasteiger charge is -2.19. The minimum Gasteiger partial charge on any atom is -0.496 e. The fourth-order valence-electron chi connectivity index (χ4n) is 3.53. The van der Waals surface area contributed by atoms with Gasteiger partial charge in [-0.05, 0) is 17.2 Å². The lowest BCUT2D eigenvalue weighted by atomic mass is 9.88. The third-order valence-corrected chi connectivity index (χ3v) is 4.69. The van der Waals surface area contributed by atoms with Crippen molar-refractivity contribution in [3.8, 4) is 5.75 Å². The zero-order valence-corrected chi connectivity index (χ0v) is 14.1. The van der Waals surface area contributed by atoms with Crippen LogP contribution < -0.4 is 4.74 Å². The summed E-state index contributed by atoms with van der Waals surface area (Å²) >= 11 is 0. The maximum atomic E-state index is 12.3. The van der Waals surface area contributed by atoms with Crippen LogP contribution in [-0.4, -0.2) is 38.2 Å². The molecule has 1 aliphatic rings. The van der Waals surface area contributed by atoms with E-state index in [-0.39, 0.29) is 17.8 Å². The molecule has 0 unspecified atom stereocenters. The first-order valence-electron chi connectivity index (χ1n) is 8.20. The molecule has 0 saturated carbocycles. The Hall–Kier alpha value is -2.33. The number of rotatable bonds is 5. The van der Waals surface area contributed by atoms with Crippen molar-refractivity contribution >= 4 is 5.97 Å². The smallest absolute Gasteiger partial charge is 0.310 e. The number of hydrogen-bond donors (Lipinski definition) is 0. The Labute approximate surface area is 143 Å². The molecular weight excluding hydrogens is 302 g/mol. The van der Waals surface area contributed by atoms with Crippen molar-refractivity contribution in [3.05, 3.63) is 65.7 Å². The highest BCUT2D eigenvalue weighted by Crippen LogP contribution is 2.38. The number of hydrogen-bond acceptors (Lipinski definition) is 4. The van der Waals surface area contributed by atoms with E-state index in [9.17, 15) is 4.79 Å². The summed E-state index contributed by atoms with van der Waals surface area (Å²) in [4.78, 5) is 14.6. The summed E-state index contributed by atoms with van der Waals surface area (Å²) in [5, 5.41) is 0. The van der Waals surface area contributed by atoms with Crippen LogP contribution in [0.5, 0.6) is 5.75 Å². The molecule has 0 aromatic heterocycles. The summed E-state index contributed by atoms with van der Waals surface area (Å²) in [7, 11) is 3.13. The first-order chi connectivity index (χ1) is 11.7. The minimum atomic E-state index is -0.171. The average Bonchev–Trinajstić information content (AvgIpc) is 3.05. The van der Waals surface area contributed by atoms with Crippen molar-refractivity contribution in [2.24, 2.45) is 5.92 Å². The Balaban J connectivity index is 1.84. The third-order valence-electron chi connectivity index (χ3n) is 4.69. The van der Waals surface area contributed by atoms with E-state index in [0.29, 0.717) is 6.54 Å². The van der Waals surface area contributed by atoms with Gasteiger partial charge in [-0.1, -0.05) is 48.5 Å². The Kier molecular flexibility index (Phi) is 5.16. The number of carbonyl (C=O) groups excluding carboxylic acids is 1. The molecule has 3 rings (SSSR count). The van der Waals surface area contributed by atoms with Gasteiger partial charge in [-0.15, -0.1) is 0 Å². The molecule has 2 aromatic rings. The van der Waals surface area contributed by atoms with E-state index in [0.717, 1.165) is 24.4 Å². The van der Waals surface area contributed by atoms with E-state index in [4.69, 9.17) is 9.47 Å². The second kappa shape index (κ2) is 7.49. The summed E-state index contributed by atoms with van der Waals surface area (Å²) in [5.41, 5.74) is 2.33. The Morgan fingerprint density at radius 2 is 1.75 bits per heavy atom. The van der Waals surface area contributed by atoms with E-state index in [2.05, 4.69) is 17.0 Å². The standard InChI is InChI=1S/C20H23NO3/c1-23-19-11-7-6-10-16(19)17-13-21(14-18(17)20(22)24-2)12-15-8-4-3-5-9-15/h3-11,17-18H,12-14H2,1-2H3/t17-,18-/m0/s1. The number of nitrogens with zero attached hydrogens (tertiary/aromatic N) is 1. The van der Waals surface area contributed by atoms with Crippen LogP contribution in [0.25, 0.3) is 0 Å². The van der Waals surface area contributed by atoms with Crippen LogP contribution in [0.4, 0.5) is 0 Å². The number of esters is 1.